The highest BCUT2D eigenvalue weighted by Gasteiger charge is 2.28. The van der Waals surface area contributed by atoms with Gasteiger partial charge in [-0.3, -0.25) is 13.8 Å². The summed E-state index contributed by atoms with van der Waals surface area (Å²) in [7, 11) is 1.61. The number of allylic oxidation sites excluding steroid dienone is 10. The summed E-state index contributed by atoms with van der Waals surface area (Å²) in [6, 6.07) is -0.772. The van der Waals surface area contributed by atoms with Crippen LogP contribution in [0.4, 0.5) is 0 Å². The molecule has 446 valence electrons. The quantitative estimate of drug-likeness (QED) is 0.0243. The van der Waals surface area contributed by atoms with Gasteiger partial charge in [-0.25, -0.2) is 4.57 Å². The molecule has 0 spiro atoms. The lowest BCUT2D eigenvalue weighted by molar-refractivity contribution is -0.870. The third kappa shape index (κ3) is 59.9. The van der Waals surface area contributed by atoms with Gasteiger partial charge in [-0.2, -0.15) is 0 Å². The molecule has 76 heavy (non-hydrogen) atoms. The molecule has 0 aromatic rings. The molecule has 0 heterocycles. The predicted molar refractivity (Wildman–Crippen MR) is 332 cm³/mol. The molecule has 1 amide bonds. The van der Waals surface area contributed by atoms with Gasteiger partial charge in [-0.05, 0) is 57.8 Å². The minimum atomic E-state index is -4.33. The van der Waals surface area contributed by atoms with E-state index >= 15 is 0 Å². The third-order valence-electron chi connectivity index (χ3n) is 14.8. The van der Waals surface area contributed by atoms with Gasteiger partial charge in [-0.15, -0.1) is 0 Å². The normalized spacial score (nSPS) is 14.1. The number of nitrogens with zero attached hydrogens (tertiary/aromatic N) is 1. The van der Waals surface area contributed by atoms with Crippen LogP contribution in [0.2, 0.25) is 0 Å². The van der Waals surface area contributed by atoms with E-state index in [2.05, 4.69) is 79.9 Å². The van der Waals surface area contributed by atoms with E-state index in [1.165, 1.54) is 205 Å². The van der Waals surface area contributed by atoms with Crippen molar-refractivity contribution in [2.75, 3.05) is 40.9 Å². The second-order valence-electron chi connectivity index (χ2n) is 23.5. The molecule has 0 saturated carbocycles. The van der Waals surface area contributed by atoms with Crippen LogP contribution in [0.1, 0.15) is 309 Å². The Balaban J connectivity index is 4.08. The van der Waals surface area contributed by atoms with Crippen LogP contribution < -0.4 is 5.32 Å². The van der Waals surface area contributed by atoms with E-state index in [1.807, 2.05) is 21.1 Å². The maximum Gasteiger partial charge on any atom is 0.472 e. The van der Waals surface area contributed by atoms with Crippen molar-refractivity contribution in [3.8, 4) is 0 Å². The van der Waals surface area contributed by atoms with Crippen molar-refractivity contribution in [1.82, 2.24) is 5.32 Å². The number of aliphatic hydroxyl groups is 1. The largest absolute Gasteiger partial charge is 0.472 e. The van der Waals surface area contributed by atoms with Gasteiger partial charge in [0.05, 0.1) is 39.9 Å². The molecule has 0 rings (SSSR count). The minimum Gasteiger partial charge on any atom is -0.391 e. The fourth-order valence-corrected chi connectivity index (χ4v) is 10.5. The zero-order chi connectivity index (χ0) is 55.6. The number of nitrogens with one attached hydrogen (secondary N) is 1. The lowest BCUT2D eigenvalue weighted by Crippen LogP contribution is -2.46. The minimum absolute atomic E-state index is 0.0703. The number of quaternary nitrogens is 1. The van der Waals surface area contributed by atoms with Crippen LogP contribution in [0.15, 0.2) is 60.8 Å². The van der Waals surface area contributed by atoms with Crippen LogP contribution in [0.3, 0.4) is 0 Å². The molecule has 0 radical (unpaired) electrons. The van der Waals surface area contributed by atoms with Crippen LogP contribution in [0.5, 0.6) is 0 Å². The van der Waals surface area contributed by atoms with Crippen LogP contribution in [0, 0.1) is 0 Å². The summed E-state index contributed by atoms with van der Waals surface area (Å²) in [6.07, 6.45) is 78.8. The molecule has 3 atom stereocenters. The molecule has 8 nitrogen and oxygen atoms in total. The molecule has 3 unspecified atom stereocenters. The van der Waals surface area contributed by atoms with Crippen molar-refractivity contribution in [2.45, 2.75) is 321 Å². The van der Waals surface area contributed by atoms with Crippen LogP contribution in [-0.4, -0.2) is 73.4 Å². The van der Waals surface area contributed by atoms with Gasteiger partial charge >= 0.3 is 7.82 Å². The fourth-order valence-electron chi connectivity index (χ4n) is 9.72. The van der Waals surface area contributed by atoms with Gasteiger partial charge in [0.2, 0.25) is 5.91 Å². The zero-order valence-electron chi connectivity index (χ0n) is 51.0. The highest BCUT2D eigenvalue weighted by molar-refractivity contribution is 7.47. The van der Waals surface area contributed by atoms with Crippen molar-refractivity contribution in [3.05, 3.63) is 60.8 Å². The van der Waals surface area contributed by atoms with E-state index in [9.17, 15) is 19.4 Å². The maximum absolute atomic E-state index is 13.0. The molecular weight excluding hydrogens is 960 g/mol. The SMILES string of the molecule is CC/C=C\C/C=C\C/C=C\C/C=C\C/C=C\CCCCCCCCCC(=O)NC(COP(=O)(O)OCC[N+](C)(C)C)C(O)CCCCCCCCCCCCCCCCCCCCCCCCCCCCCCCCC. The molecule has 0 saturated heterocycles. The third-order valence-corrected chi connectivity index (χ3v) is 15.8. The van der Waals surface area contributed by atoms with Crippen molar-refractivity contribution in [3.63, 3.8) is 0 Å². The van der Waals surface area contributed by atoms with Crippen molar-refractivity contribution >= 4 is 13.7 Å². The Hall–Kier alpha value is -1.80. The Morgan fingerprint density at radius 3 is 1.16 bits per heavy atom. The summed E-state index contributed by atoms with van der Waals surface area (Å²) in [5.74, 6) is -0.153. The monoisotopic (exact) mass is 1090 g/mol. The maximum atomic E-state index is 13.0. The van der Waals surface area contributed by atoms with E-state index in [1.54, 1.807) is 0 Å². The summed E-state index contributed by atoms with van der Waals surface area (Å²) in [5.41, 5.74) is 0. The lowest BCUT2D eigenvalue weighted by Gasteiger charge is -2.26. The van der Waals surface area contributed by atoms with Gasteiger partial charge in [0.1, 0.15) is 13.2 Å². The van der Waals surface area contributed by atoms with E-state index in [0.717, 1.165) is 77.0 Å². The topological polar surface area (TPSA) is 105 Å². The van der Waals surface area contributed by atoms with Gasteiger partial charge in [-0.1, -0.05) is 306 Å². The summed E-state index contributed by atoms with van der Waals surface area (Å²) in [4.78, 5) is 23.4. The standard InChI is InChI=1S/C67H127N2O6P/c1-6-8-10-12-14-16-18-20-22-24-26-28-30-31-32-33-34-35-36-37-39-40-42-44-46-48-50-52-54-56-58-60-66(70)65(64-75-76(72,73)74-63-62-69(3,4)5)68-67(71)61-59-57-55-53-51-49-47-45-43-41-38-29-27-25-23-21-19-17-15-13-11-9-7-2/h9,11,15,17,21,23,27,29,41,43,65-66,70H,6-8,10,12-14,16,18-20,22,24-26,28,30-40,42,44-64H2,1-5H3,(H-,68,71,72,73)/p+1/b11-9-,17-15-,23-21-,29-27-,43-41-. The number of unbranched alkanes of at least 4 members (excludes halogenated alkanes) is 37. The first-order valence-electron chi connectivity index (χ1n) is 32.7. The van der Waals surface area contributed by atoms with E-state index in [0.29, 0.717) is 23.9 Å². The smallest absolute Gasteiger partial charge is 0.391 e. The van der Waals surface area contributed by atoms with Gasteiger partial charge < -0.3 is 19.8 Å². The predicted octanol–water partition coefficient (Wildman–Crippen LogP) is 20.4. The molecule has 0 bridgehead atoms. The highest BCUT2D eigenvalue weighted by Crippen LogP contribution is 2.43. The first-order valence-corrected chi connectivity index (χ1v) is 34.1. The van der Waals surface area contributed by atoms with Crippen molar-refractivity contribution in [2.24, 2.45) is 0 Å². The molecule has 3 N–H and O–H groups in total. The summed E-state index contributed by atoms with van der Waals surface area (Å²) in [6.45, 7) is 4.80. The van der Waals surface area contributed by atoms with Crippen LogP contribution in [-0.2, 0) is 18.4 Å². The Morgan fingerprint density at radius 1 is 0.461 bits per heavy atom. The molecular formula is C67H128N2O6P+. The molecule has 0 aromatic carbocycles. The number of hydrogen-bond donors (Lipinski definition) is 3. The number of likely N-dealkylation sites (N-methyl/N-ethyl adjacent to an activating group) is 1. The van der Waals surface area contributed by atoms with E-state index in [-0.39, 0.29) is 19.1 Å². The van der Waals surface area contributed by atoms with E-state index < -0.39 is 20.0 Å². The molecule has 0 aromatic heterocycles. The number of phosphoric ester groups is 1. The zero-order valence-corrected chi connectivity index (χ0v) is 51.9. The van der Waals surface area contributed by atoms with Crippen LogP contribution in [0.25, 0.3) is 0 Å². The number of rotatable bonds is 60. The Morgan fingerprint density at radius 2 is 0.789 bits per heavy atom. The average molecular weight is 1090 g/mol. The number of carbonyl (C=O) groups is 1. The molecule has 0 aliphatic carbocycles. The molecule has 9 heteroatoms. The number of amides is 1. The first-order chi connectivity index (χ1) is 37.0. The number of hydrogen-bond acceptors (Lipinski definition) is 5. The van der Waals surface area contributed by atoms with Gasteiger partial charge in [0.15, 0.2) is 0 Å². The number of aliphatic hydroxyl groups excluding tert-OH is 1. The van der Waals surface area contributed by atoms with Crippen molar-refractivity contribution < 1.29 is 32.9 Å². The number of phosphoric acid groups is 1. The van der Waals surface area contributed by atoms with Gasteiger partial charge in [0, 0.05) is 6.42 Å². The summed E-state index contributed by atoms with van der Waals surface area (Å²) < 4.78 is 23.8. The first kappa shape index (κ1) is 74.2. The molecule has 0 fully saturated rings. The van der Waals surface area contributed by atoms with Gasteiger partial charge in [0.25, 0.3) is 0 Å². The fraction of sp³-hybridized carbons (Fsp3) is 0.836. The Kier molecular flexibility index (Phi) is 56.5. The lowest BCUT2D eigenvalue weighted by atomic mass is 10.0. The second-order valence-corrected chi connectivity index (χ2v) is 24.9. The molecule has 0 aliphatic heterocycles. The summed E-state index contributed by atoms with van der Waals surface area (Å²) >= 11 is 0. The average Bonchev–Trinajstić information content (AvgIpc) is 3.38. The highest BCUT2D eigenvalue weighted by atomic mass is 31.2. The molecule has 0 aliphatic rings. The van der Waals surface area contributed by atoms with Crippen LogP contribution >= 0.6 is 7.82 Å². The van der Waals surface area contributed by atoms with Crippen molar-refractivity contribution in [1.29, 1.82) is 0 Å². The Labute approximate surface area is 472 Å². The number of carbonyl (C=O) groups excluding carboxylic acids is 1. The van der Waals surface area contributed by atoms with E-state index in [4.69, 9.17) is 9.05 Å². The Bertz CT molecular complexity index is 1420. The summed E-state index contributed by atoms with van der Waals surface area (Å²) in [5, 5.41) is 14.1. The second kappa shape index (κ2) is 57.9.